The summed E-state index contributed by atoms with van der Waals surface area (Å²) in [7, 11) is 3.20. The van der Waals surface area contributed by atoms with Crippen LogP contribution in [0.25, 0.3) is 0 Å². The summed E-state index contributed by atoms with van der Waals surface area (Å²) in [6.45, 7) is 0. The molecule has 1 aliphatic rings. The van der Waals surface area contributed by atoms with Crippen LogP contribution in [0.4, 0.5) is 0 Å². The van der Waals surface area contributed by atoms with Gasteiger partial charge in [0, 0.05) is 23.9 Å². The standard InChI is InChI=1S/C18H21N3O4S/c1-24-14-5-11(6-15(9-14)25-2)10-26-18-20-13(8-17(23)21-18)7-16(22)19-12-3-4-12/h5-6,8-9,12H,3-4,7,10H2,1-2H3,(H,19,22)(H,20,21,23). The lowest BCUT2D eigenvalue weighted by molar-refractivity contribution is -0.120. The highest BCUT2D eigenvalue weighted by atomic mass is 32.2. The number of aromatic nitrogens is 2. The molecule has 1 amide bonds. The quantitative estimate of drug-likeness (QED) is 0.541. The van der Waals surface area contributed by atoms with Crippen LogP contribution in [0.1, 0.15) is 24.1 Å². The van der Waals surface area contributed by atoms with Crippen molar-refractivity contribution < 1.29 is 14.3 Å². The minimum atomic E-state index is -0.264. The Bertz CT molecular complexity index is 826. The third kappa shape index (κ3) is 5.26. The van der Waals surface area contributed by atoms with Crippen molar-refractivity contribution in [2.24, 2.45) is 0 Å². The zero-order valence-electron chi connectivity index (χ0n) is 14.7. The third-order valence-corrected chi connectivity index (χ3v) is 4.79. The number of ether oxygens (including phenoxy) is 2. The van der Waals surface area contributed by atoms with Crippen molar-refractivity contribution in [1.29, 1.82) is 0 Å². The topological polar surface area (TPSA) is 93.3 Å². The van der Waals surface area contributed by atoms with Gasteiger partial charge in [0.15, 0.2) is 5.16 Å². The van der Waals surface area contributed by atoms with Crippen LogP contribution < -0.4 is 20.3 Å². The number of nitrogens with zero attached hydrogens (tertiary/aromatic N) is 1. The van der Waals surface area contributed by atoms with E-state index in [-0.39, 0.29) is 17.9 Å². The lowest BCUT2D eigenvalue weighted by atomic mass is 10.2. The molecular weight excluding hydrogens is 354 g/mol. The summed E-state index contributed by atoms with van der Waals surface area (Å²) in [5.41, 5.74) is 1.18. The summed E-state index contributed by atoms with van der Waals surface area (Å²) < 4.78 is 10.5. The second-order valence-electron chi connectivity index (χ2n) is 6.07. The molecule has 26 heavy (non-hydrogen) atoms. The molecule has 1 heterocycles. The second kappa shape index (κ2) is 8.27. The summed E-state index contributed by atoms with van der Waals surface area (Å²) in [5, 5.41) is 3.38. The lowest BCUT2D eigenvalue weighted by Crippen LogP contribution is -2.28. The zero-order valence-corrected chi connectivity index (χ0v) is 15.5. The summed E-state index contributed by atoms with van der Waals surface area (Å²) in [6, 6.07) is 7.26. The van der Waals surface area contributed by atoms with E-state index in [2.05, 4.69) is 15.3 Å². The summed E-state index contributed by atoms with van der Waals surface area (Å²) in [4.78, 5) is 30.9. The first kappa shape index (κ1) is 18.3. The Morgan fingerprint density at radius 3 is 2.54 bits per heavy atom. The molecule has 0 aliphatic heterocycles. The highest BCUT2D eigenvalue weighted by Crippen LogP contribution is 2.27. The number of carbonyl (C=O) groups is 1. The van der Waals surface area contributed by atoms with Gasteiger partial charge in [-0.25, -0.2) is 4.98 Å². The predicted molar refractivity (Wildman–Crippen MR) is 98.8 cm³/mol. The fourth-order valence-corrected chi connectivity index (χ4v) is 3.24. The SMILES string of the molecule is COc1cc(CSc2nc(CC(=O)NC3CC3)cc(=O)[nH]2)cc(OC)c1. The Morgan fingerprint density at radius 2 is 1.92 bits per heavy atom. The van der Waals surface area contributed by atoms with Gasteiger partial charge in [-0.15, -0.1) is 0 Å². The molecule has 2 N–H and O–H groups in total. The number of methoxy groups -OCH3 is 2. The molecule has 1 aliphatic carbocycles. The van der Waals surface area contributed by atoms with Crippen LogP contribution >= 0.6 is 11.8 Å². The monoisotopic (exact) mass is 375 g/mol. The minimum absolute atomic E-state index is 0.0981. The van der Waals surface area contributed by atoms with E-state index in [9.17, 15) is 9.59 Å². The molecule has 1 aromatic carbocycles. The first-order valence-corrected chi connectivity index (χ1v) is 9.28. The predicted octanol–water partition coefficient (Wildman–Crippen LogP) is 1.90. The van der Waals surface area contributed by atoms with Gasteiger partial charge < -0.3 is 19.8 Å². The number of thioether (sulfide) groups is 1. The maximum Gasteiger partial charge on any atom is 0.251 e. The Morgan fingerprint density at radius 1 is 1.23 bits per heavy atom. The molecule has 0 spiro atoms. The summed E-state index contributed by atoms with van der Waals surface area (Å²) in [6.07, 6.45) is 2.17. The summed E-state index contributed by atoms with van der Waals surface area (Å²) in [5.74, 6) is 1.88. The summed E-state index contributed by atoms with van der Waals surface area (Å²) >= 11 is 1.38. The molecule has 1 fully saturated rings. The number of H-pyrrole nitrogens is 1. The van der Waals surface area contributed by atoms with Crippen molar-refractivity contribution in [1.82, 2.24) is 15.3 Å². The number of amides is 1. The van der Waals surface area contributed by atoms with E-state index in [1.54, 1.807) is 20.3 Å². The Kier molecular flexibility index (Phi) is 5.82. The van der Waals surface area contributed by atoms with Gasteiger partial charge in [0.2, 0.25) is 5.91 Å². The number of rotatable bonds is 8. The normalized spacial score (nSPS) is 13.3. The van der Waals surface area contributed by atoms with E-state index in [1.807, 2.05) is 12.1 Å². The van der Waals surface area contributed by atoms with Gasteiger partial charge in [0.05, 0.1) is 26.3 Å². The van der Waals surface area contributed by atoms with Crippen molar-refractivity contribution in [2.75, 3.05) is 14.2 Å². The molecule has 0 bridgehead atoms. The van der Waals surface area contributed by atoms with Gasteiger partial charge in [0.25, 0.3) is 5.56 Å². The van der Waals surface area contributed by atoms with Crippen LogP contribution in [0, 0.1) is 0 Å². The van der Waals surface area contributed by atoms with Crippen molar-refractivity contribution in [3.05, 3.63) is 45.9 Å². The number of carbonyl (C=O) groups excluding carboxylic acids is 1. The molecule has 138 valence electrons. The lowest BCUT2D eigenvalue weighted by Gasteiger charge is -2.08. The van der Waals surface area contributed by atoms with Gasteiger partial charge in [0.1, 0.15) is 11.5 Å². The Labute approximate surface area is 155 Å². The van der Waals surface area contributed by atoms with Crippen molar-refractivity contribution in [2.45, 2.75) is 36.2 Å². The number of hydrogen-bond acceptors (Lipinski definition) is 6. The zero-order chi connectivity index (χ0) is 18.5. The molecule has 2 aromatic rings. The van der Waals surface area contributed by atoms with Crippen molar-refractivity contribution >= 4 is 17.7 Å². The number of hydrogen-bond donors (Lipinski definition) is 2. The van der Waals surface area contributed by atoms with Crippen LogP contribution in [0.5, 0.6) is 11.5 Å². The molecule has 8 heteroatoms. The Balaban J connectivity index is 1.67. The second-order valence-corrected chi connectivity index (χ2v) is 7.03. The smallest absolute Gasteiger partial charge is 0.251 e. The van der Waals surface area contributed by atoms with E-state index in [0.29, 0.717) is 34.1 Å². The fraction of sp³-hybridized carbons (Fsp3) is 0.389. The van der Waals surface area contributed by atoms with E-state index in [4.69, 9.17) is 9.47 Å². The molecule has 7 nitrogen and oxygen atoms in total. The number of aromatic amines is 1. The number of benzene rings is 1. The third-order valence-electron chi connectivity index (χ3n) is 3.84. The van der Waals surface area contributed by atoms with Gasteiger partial charge in [-0.3, -0.25) is 9.59 Å². The van der Waals surface area contributed by atoms with E-state index < -0.39 is 0 Å². The highest BCUT2D eigenvalue weighted by molar-refractivity contribution is 7.98. The van der Waals surface area contributed by atoms with Crippen LogP contribution in [-0.2, 0) is 17.0 Å². The molecule has 1 aromatic heterocycles. The highest BCUT2D eigenvalue weighted by Gasteiger charge is 2.23. The van der Waals surface area contributed by atoms with Crippen LogP contribution in [0.2, 0.25) is 0 Å². The largest absolute Gasteiger partial charge is 0.497 e. The first-order valence-electron chi connectivity index (χ1n) is 8.30. The average Bonchev–Trinajstić information content (AvgIpc) is 3.42. The van der Waals surface area contributed by atoms with Gasteiger partial charge in [-0.05, 0) is 30.5 Å². The van der Waals surface area contributed by atoms with Crippen molar-refractivity contribution in [3.8, 4) is 11.5 Å². The van der Waals surface area contributed by atoms with E-state index >= 15 is 0 Å². The van der Waals surface area contributed by atoms with Crippen LogP contribution in [0.3, 0.4) is 0 Å². The molecule has 0 unspecified atom stereocenters. The number of nitrogens with one attached hydrogen (secondary N) is 2. The molecule has 0 radical (unpaired) electrons. The molecule has 0 atom stereocenters. The molecular formula is C18H21N3O4S. The van der Waals surface area contributed by atoms with Crippen molar-refractivity contribution in [3.63, 3.8) is 0 Å². The van der Waals surface area contributed by atoms with Gasteiger partial charge >= 0.3 is 0 Å². The fourth-order valence-electron chi connectivity index (χ4n) is 2.41. The van der Waals surface area contributed by atoms with Crippen LogP contribution in [0.15, 0.2) is 34.2 Å². The Hall–Kier alpha value is -2.48. The molecule has 0 saturated heterocycles. The maximum absolute atomic E-state index is 11.9. The van der Waals surface area contributed by atoms with Crippen LogP contribution in [-0.4, -0.2) is 36.1 Å². The first-order chi connectivity index (χ1) is 12.6. The minimum Gasteiger partial charge on any atom is -0.497 e. The molecule has 3 rings (SSSR count). The van der Waals surface area contributed by atoms with E-state index in [1.165, 1.54) is 17.8 Å². The average molecular weight is 375 g/mol. The van der Waals surface area contributed by atoms with Gasteiger partial charge in [-0.2, -0.15) is 0 Å². The van der Waals surface area contributed by atoms with Gasteiger partial charge in [-0.1, -0.05) is 11.8 Å². The molecule has 1 saturated carbocycles. The van der Waals surface area contributed by atoms with E-state index in [0.717, 1.165) is 18.4 Å². The maximum atomic E-state index is 11.9.